The van der Waals surface area contributed by atoms with Gasteiger partial charge in [0, 0.05) is 17.9 Å². The number of benzene rings is 1. The predicted molar refractivity (Wildman–Crippen MR) is 133 cm³/mol. The molecule has 0 radical (unpaired) electrons. The Kier molecular flexibility index (Phi) is 11.9. The monoisotopic (exact) mass is 493 g/mol. The Labute approximate surface area is 205 Å². The normalized spacial score (nSPS) is 11.3. The SMILES string of the molecule is C=CCC(CC(=O)SCCc1ccccc1NC(=O)OC(C)(C)C)(C(=O)OCC)C(=O)OCC. The third-order valence-electron chi connectivity index (χ3n) is 4.56. The third kappa shape index (κ3) is 9.21. The molecule has 8 nitrogen and oxygen atoms in total. The van der Waals surface area contributed by atoms with Crippen LogP contribution in [-0.4, -0.2) is 47.7 Å². The lowest BCUT2D eigenvalue weighted by molar-refractivity contribution is -0.173. The van der Waals surface area contributed by atoms with Gasteiger partial charge in [-0.1, -0.05) is 36.0 Å². The zero-order chi connectivity index (χ0) is 25.8. The van der Waals surface area contributed by atoms with Crippen molar-refractivity contribution in [2.75, 3.05) is 24.3 Å². The Bertz CT molecular complexity index is 858. The van der Waals surface area contributed by atoms with Crippen molar-refractivity contribution < 1.29 is 33.4 Å². The molecule has 0 aliphatic carbocycles. The number of aryl methyl sites for hydroxylation is 1. The minimum Gasteiger partial charge on any atom is -0.465 e. The largest absolute Gasteiger partial charge is 0.465 e. The first-order chi connectivity index (χ1) is 16.0. The van der Waals surface area contributed by atoms with E-state index in [1.165, 1.54) is 6.08 Å². The van der Waals surface area contributed by atoms with Gasteiger partial charge in [-0.05, 0) is 59.1 Å². The number of esters is 2. The maximum Gasteiger partial charge on any atom is 0.412 e. The molecule has 0 saturated heterocycles. The van der Waals surface area contributed by atoms with Crippen LogP contribution in [0.15, 0.2) is 36.9 Å². The molecule has 0 atom stereocenters. The van der Waals surface area contributed by atoms with E-state index in [0.29, 0.717) is 17.9 Å². The minimum absolute atomic E-state index is 0.0693. The molecule has 9 heteroatoms. The summed E-state index contributed by atoms with van der Waals surface area (Å²) < 4.78 is 15.5. The van der Waals surface area contributed by atoms with Crippen LogP contribution in [0.25, 0.3) is 0 Å². The molecule has 0 aromatic heterocycles. The number of nitrogens with one attached hydrogen (secondary N) is 1. The van der Waals surface area contributed by atoms with E-state index in [1.807, 2.05) is 12.1 Å². The molecule has 0 spiro atoms. The quantitative estimate of drug-likeness (QED) is 0.189. The second-order valence-corrected chi connectivity index (χ2v) is 9.60. The number of rotatable bonds is 12. The summed E-state index contributed by atoms with van der Waals surface area (Å²) in [5, 5.41) is 2.38. The van der Waals surface area contributed by atoms with Crippen LogP contribution in [0.1, 0.15) is 53.0 Å². The van der Waals surface area contributed by atoms with Crippen LogP contribution in [0, 0.1) is 5.41 Å². The summed E-state index contributed by atoms with van der Waals surface area (Å²) in [7, 11) is 0. The first-order valence-electron chi connectivity index (χ1n) is 11.2. The van der Waals surface area contributed by atoms with Crippen LogP contribution in [0.4, 0.5) is 10.5 Å². The topological polar surface area (TPSA) is 108 Å². The highest BCUT2D eigenvalue weighted by molar-refractivity contribution is 8.13. The van der Waals surface area contributed by atoms with Gasteiger partial charge < -0.3 is 14.2 Å². The van der Waals surface area contributed by atoms with Gasteiger partial charge in [-0.25, -0.2) is 4.79 Å². The molecule has 0 heterocycles. The zero-order valence-electron chi connectivity index (χ0n) is 20.6. The lowest BCUT2D eigenvalue weighted by Gasteiger charge is -2.27. The van der Waals surface area contributed by atoms with Crippen molar-refractivity contribution >= 4 is 40.6 Å². The second-order valence-electron chi connectivity index (χ2n) is 8.45. The number of carbonyl (C=O) groups excluding carboxylic acids is 4. The average Bonchev–Trinajstić information content (AvgIpc) is 2.73. The van der Waals surface area contributed by atoms with E-state index in [-0.39, 0.29) is 31.2 Å². The van der Waals surface area contributed by atoms with E-state index < -0.39 is 29.0 Å². The van der Waals surface area contributed by atoms with Crippen molar-refractivity contribution in [2.45, 2.75) is 59.5 Å². The lowest BCUT2D eigenvalue weighted by Crippen LogP contribution is -2.43. The van der Waals surface area contributed by atoms with Crippen LogP contribution in [0.5, 0.6) is 0 Å². The molecule has 0 saturated carbocycles. The Balaban J connectivity index is 2.87. The van der Waals surface area contributed by atoms with Gasteiger partial charge in [-0.15, -0.1) is 6.58 Å². The zero-order valence-corrected chi connectivity index (χ0v) is 21.4. The smallest absolute Gasteiger partial charge is 0.412 e. The van der Waals surface area contributed by atoms with Crippen LogP contribution in [-0.2, 0) is 35.0 Å². The number of para-hydroxylation sites is 1. The molecule has 0 bridgehead atoms. The predicted octanol–water partition coefficient (Wildman–Crippen LogP) is 4.91. The molecule has 1 aromatic carbocycles. The van der Waals surface area contributed by atoms with Gasteiger partial charge in [0.25, 0.3) is 0 Å². The molecule has 34 heavy (non-hydrogen) atoms. The van der Waals surface area contributed by atoms with Crippen molar-refractivity contribution in [1.29, 1.82) is 0 Å². The number of amides is 1. The van der Waals surface area contributed by atoms with Gasteiger partial charge in [0.05, 0.1) is 13.2 Å². The Morgan fingerprint density at radius 3 is 2.15 bits per heavy atom. The number of hydrogen-bond donors (Lipinski definition) is 1. The van der Waals surface area contributed by atoms with E-state index in [4.69, 9.17) is 14.2 Å². The highest BCUT2D eigenvalue weighted by atomic mass is 32.2. The van der Waals surface area contributed by atoms with E-state index in [9.17, 15) is 19.2 Å². The molecule has 0 fully saturated rings. The number of hydrogen-bond acceptors (Lipinski definition) is 8. The highest BCUT2D eigenvalue weighted by Crippen LogP contribution is 2.34. The summed E-state index contributed by atoms with van der Waals surface area (Å²) in [6.45, 7) is 12.3. The number of anilines is 1. The van der Waals surface area contributed by atoms with Crippen LogP contribution >= 0.6 is 11.8 Å². The van der Waals surface area contributed by atoms with Gasteiger partial charge in [-0.2, -0.15) is 0 Å². The Morgan fingerprint density at radius 2 is 1.62 bits per heavy atom. The maximum atomic E-state index is 12.8. The van der Waals surface area contributed by atoms with E-state index in [0.717, 1.165) is 17.3 Å². The van der Waals surface area contributed by atoms with E-state index >= 15 is 0 Å². The van der Waals surface area contributed by atoms with Gasteiger partial charge in [-0.3, -0.25) is 19.7 Å². The van der Waals surface area contributed by atoms with Crippen LogP contribution in [0.3, 0.4) is 0 Å². The van der Waals surface area contributed by atoms with Crippen LogP contribution in [0.2, 0.25) is 0 Å². The van der Waals surface area contributed by atoms with Crippen molar-refractivity contribution in [3.05, 3.63) is 42.5 Å². The lowest BCUT2D eigenvalue weighted by atomic mass is 9.81. The van der Waals surface area contributed by atoms with Gasteiger partial charge in [0.1, 0.15) is 5.60 Å². The Morgan fingerprint density at radius 1 is 1.03 bits per heavy atom. The van der Waals surface area contributed by atoms with Crippen LogP contribution < -0.4 is 5.32 Å². The highest BCUT2D eigenvalue weighted by Gasteiger charge is 2.49. The van der Waals surface area contributed by atoms with Crippen molar-refractivity contribution in [1.82, 2.24) is 0 Å². The molecular weight excluding hydrogens is 458 g/mol. The molecule has 188 valence electrons. The fourth-order valence-electron chi connectivity index (χ4n) is 3.10. The van der Waals surface area contributed by atoms with Crippen molar-refractivity contribution in [2.24, 2.45) is 5.41 Å². The first kappa shape index (κ1) is 29.2. The minimum atomic E-state index is -1.76. The van der Waals surface area contributed by atoms with Crippen molar-refractivity contribution in [3.8, 4) is 0 Å². The number of ether oxygens (including phenoxy) is 3. The molecule has 1 amide bonds. The molecule has 1 aromatic rings. The molecule has 1 rings (SSSR count). The molecule has 1 N–H and O–H groups in total. The van der Waals surface area contributed by atoms with Gasteiger partial charge >= 0.3 is 18.0 Å². The first-order valence-corrected chi connectivity index (χ1v) is 12.2. The van der Waals surface area contributed by atoms with Gasteiger partial charge in [0.2, 0.25) is 0 Å². The standard InChI is InChI=1S/C25H35NO7S/c1-7-15-25(21(28)31-8-2,22(29)32-9-3)17-20(27)34-16-14-18-12-10-11-13-19(18)26-23(30)33-24(4,5)6/h7,10-13H,1,8-9,14-17H2,2-6H3,(H,26,30). The number of allylic oxidation sites excluding steroid dienone is 1. The number of carbonyl (C=O) groups is 4. The van der Waals surface area contributed by atoms with Gasteiger partial charge in [0.15, 0.2) is 10.5 Å². The fraction of sp³-hybridized carbons (Fsp3) is 0.520. The summed E-state index contributed by atoms with van der Waals surface area (Å²) in [5.41, 5.74) is -0.976. The number of thioether (sulfide) groups is 1. The third-order valence-corrected chi connectivity index (χ3v) is 5.43. The molecule has 0 aliphatic heterocycles. The van der Waals surface area contributed by atoms with Crippen molar-refractivity contribution in [3.63, 3.8) is 0 Å². The Hall–Kier alpha value is -2.81. The summed E-state index contributed by atoms with van der Waals surface area (Å²) in [6, 6.07) is 7.22. The summed E-state index contributed by atoms with van der Waals surface area (Å²) >= 11 is 1.000. The molecule has 0 unspecified atom stereocenters. The maximum absolute atomic E-state index is 12.8. The average molecular weight is 494 g/mol. The summed E-state index contributed by atoms with van der Waals surface area (Å²) in [4.78, 5) is 50.2. The second kappa shape index (κ2) is 13.8. The fourth-order valence-corrected chi connectivity index (χ4v) is 4.00. The summed E-state index contributed by atoms with van der Waals surface area (Å²) in [5.74, 6) is -1.22. The molecule has 0 aliphatic rings. The summed E-state index contributed by atoms with van der Waals surface area (Å²) in [6.07, 6.45) is 0.875. The van der Waals surface area contributed by atoms with E-state index in [2.05, 4.69) is 11.9 Å². The van der Waals surface area contributed by atoms with E-state index in [1.54, 1.807) is 46.8 Å². The molecular formula is C25H35NO7S.